The Labute approximate surface area is 117 Å². The molecule has 0 radical (unpaired) electrons. The Morgan fingerprint density at radius 1 is 1.45 bits per heavy atom. The number of nitrogens with zero attached hydrogens (tertiary/aromatic N) is 2. The zero-order chi connectivity index (χ0) is 15.0. The molecule has 0 spiro atoms. The summed E-state index contributed by atoms with van der Waals surface area (Å²) in [6.07, 6.45) is 1.87. The zero-order valence-electron chi connectivity index (χ0n) is 11.4. The number of carbonyl (C=O) groups is 2. The zero-order valence-corrected chi connectivity index (χ0v) is 11.4. The predicted molar refractivity (Wildman–Crippen MR) is 71.8 cm³/mol. The minimum absolute atomic E-state index is 0.00925. The summed E-state index contributed by atoms with van der Waals surface area (Å²) in [4.78, 5) is 28.3. The summed E-state index contributed by atoms with van der Waals surface area (Å²) < 4.78 is 4.49. The lowest BCUT2D eigenvalue weighted by atomic mass is 10.2. The van der Waals surface area contributed by atoms with Crippen molar-refractivity contribution in [1.82, 2.24) is 9.88 Å². The van der Waals surface area contributed by atoms with E-state index in [4.69, 9.17) is 5.11 Å². The number of aromatic nitrogens is 1. The summed E-state index contributed by atoms with van der Waals surface area (Å²) in [5.41, 5.74) is 0.884. The van der Waals surface area contributed by atoms with Gasteiger partial charge in [-0.3, -0.25) is 9.59 Å². The van der Waals surface area contributed by atoms with Crippen LogP contribution in [0.4, 0.5) is 0 Å². The van der Waals surface area contributed by atoms with Gasteiger partial charge in [-0.25, -0.2) is 4.98 Å². The van der Waals surface area contributed by atoms with Crippen LogP contribution in [0.3, 0.4) is 0 Å². The molecule has 1 rings (SSSR count). The molecule has 1 amide bonds. The molecule has 6 nitrogen and oxygen atoms in total. The van der Waals surface area contributed by atoms with Crippen LogP contribution < -0.4 is 0 Å². The summed E-state index contributed by atoms with van der Waals surface area (Å²) in [6, 6.07) is 3.20. The topological polar surface area (TPSA) is 79.7 Å². The van der Waals surface area contributed by atoms with Gasteiger partial charge in [0.2, 0.25) is 0 Å². The Balaban J connectivity index is 2.71. The third-order valence-corrected chi connectivity index (χ3v) is 2.39. The highest BCUT2D eigenvalue weighted by Crippen LogP contribution is 2.02. The maximum atomic E-state index is 12.0. The molecule has 0 unspecified atom stereocenters. The standard InChI is InChI=1S/C14H16N2O4/c1-16(10-13(18)20-2)14(19)12-7-6-11(9-15-12)5-3-4-8-17/h6-7,9,17H,4,8,10H2,1-2H3. The SMILES string of the molecule is COC(=O)CN(C)C(=O)c1ccc(C#CCCO)cn1. The Morgan fingerprint density at radius 3 is 2.75 bits per heavy atom. The molecule has 106 valence electrons. The number of likely N-dealkylation sites (N-methyl/N-ethyl adjacent to an activating group) is 1. The van der Waals surface area contributed by atoms with Crippen LogP contribution in [0.2, 0.25) is 0 Å². The summed E-state index contributed by atoms with van der Waals surface area (Å²) in [7, 11) is 2.76. The van der Waals surface area contributed by atoms with Gasteiger partial charge in [-0.2, -0.15) is 0 Å². The van der Waals surface area contributed by atoms with E-state index in [-0.39, 0.29) is 24.8 Å². The van der Waals surface area contributed by atoms with Gasteiger partial charge in [-0.05, 0) is 12.1 Å². The molecule has 0 bridgehead atoms. The van der Waals surface area contributed by atoms with Crippen LogP contribution in [0.1, 0.15) is 22.5 Å². The number of amides is 1. The van der Waals surface area contributed by atoms with Gasteiger partial charge in [0.15, 0.2) is 0 Å². The molecular weight excluding hydrogens is 260 g/mol. The number of esters is 1. The fraction of sp³-hybridized carbons (Fsp3) is 0.357. The van der Waals surface area contributed by atoms with Crippen LogP contribution in [-0.2, 0) is 9.53 Å². The second kappa shape index (κ2) is 7.92. The average Bonchev–Trinajstić information content (AvgIpc) is 2.47. The Morgan fingerprint density at radius 2 is 2.20 bits per heavy atom. The lowest BCUT2D eigenvalue weighted by Gasteiger charge is -2.14. The fourth-order valence-corrected chi connectivity index (χ4v) is 1.34. The van der Waals surface area contributed by atoms with E-state index in [9.17, 15) is 9.59 Å². The van der Waals surface area contributed by atoms with E-state index >= 15 is 0 Å². The normalized spacial score (nSPS) is 9.35. The van der Waals surface area contributed by atoms with Gasteiger partial charge in [0.05, 0.1) is 13.7 Å². The number of hydrogen-bond acceptors (Lipinski definition) is 5. The van der Waals surface area contributed by atoms with Crippen LogP contribution in [0.5, 0.6) is 0 Å². The molecule has 0 saturated heterocycles. The van der Waals surface area contributed by atoms with Crippen molar-refractivity contribution >= 4 is 11.9 Å². The average molecular weight is 276 g/mol. The number of aliphatic hydroxyl groups excluding tert-OH is 1. The molecule has 1 heterocycles. The Bertz CT molecular complexity index is 528. The Kier molecular flexibility index (Phi) is 6.20. The molecule has 0 saturated carbocycles. The summed E-state index contributed by atoms with van der Waals surface area (Å²) in [6.45, 7) is -0.121. The highest BCUT2D eigenvalue weighted by atomic mass is 16.5. The van der Waals surface area contributed by atoms with Crippen molar-refractivity contribution in [3.63, 3.8) is 0 Å². The first-order chi connectivity index (χ1) is 9.58. The van der Waals surface area contributed by atoms with Crippen molar-refractivity contribution in [2.45, 2.75) is 6.42 Å². The van der Waals surface area contributed by atoms with Gasteiger partial charge in [-0.15, -0.1) is 0 Å². The number of ether oxygens (including phenoxy) is 1. The predicted octanol–water partition coefficient (Wildman–Crippen LogP) is 0.0605. The molecule has 0 fully saturated rings. The van der Waals surface area contributed by atoms with Crippen LogP contribution in [0.15, 0.2) is 18.3 Å². The maximum Gasteiger partial charge on any atom is 0.325 e. The van der Waals surface area contributed by atoms with Crippen molar-refractivity contribution in [1.29, 1.82) is 0 Å². The van der Waals surface area contributed by atoms with E-state index in [1.165, 1.54) is 25.3 Å². The number of carbonyl (C=O) groups excluding carboxylic acids is 2. The van der Waals surface area contributed by atoms with E-state index < -0.39 is 5.97 Å². The second-order valence-corrected chi connectivity index (χ2v) is 3.94. The lowest BCUT2D eigenvalue weighted by Crippen LogP contribution is -2.33. The molecule has 0 atom stereocenters. The van der Waals surface area contributed by atoms with Crippen molar-refractivity contribution in [3.8, 4) is 11.8 Å². The molecule has 6 heteroatoms. The van der Waals surface area contributed by atoms with E-state index in [2.05, 4.69) is 21.6 Å². The highest BCUT2D eigenvalue weighted by Gasteiger charge is 2.15. The molecule has 0 aliphatic carbocycles. The van der Waals surface area contributed by atoms with Gasteiger partial charge >= 0.3 is 5.97 Å². The maximum absolute atomic E-state index is 12.0. The Hall–Kier alpha value is -2.39. The molecule has 0 aromatic carbocycles. The van der Waals surface area contributed by atoms with E-state index in [0.717, 1.165) is 0 Å². The summed E-state index contributed by atoms with van der Waals surface area (Å²) in [5, 5.41) is 8.61. The number of pyridine rings is 1. The van der Waals surface area contributed by atoms with Gasteiger partial charge in [-0.1, -0.05) is 11.8 Å². The summed E-state index contributed by atoms with van der Waals surface area (Å²) in [5.74, 6) is 4.71. The smallest absolute Gasteiger partial charge is 0.325 e. The van der Waals surface area contributed by atoms with E-state index in [1.54, 1.807) is 12.1 Å². The minimum atomic E-state index is -0.493. The largest absolute Gasteiger partial charge is 0.468 e. The van der Waals surface area contributed by atoms with Gasteiger partial charge in [0.25, 0.3) is 5.91 Å². The lowest BCUT2D eigenvalue weighted by molar-refractivity contribution is -0.141. The monoisotopic (exact) mass is 276 g/mol. The molecule has 1 aromatic rings. The third kappa shape index (κ3) is 4.71. The first kappa shape index (κ1) is 15.7. The van der Waals surface area contributed by atoms with Gasteiger partial charge in [0.1, 0.15) is 12.2 Å². The first-order valence-electron chi connectivity index (χ1n) is 5.96. The number of rotatable bonds is 4. The number of aliphatic hydroxyl groups is 1. The fourth-order valence-electron chi connectivity index (χ4n) is 1.34. The van der Waals surface area contributed by atoms with Crippen molar-refractivity contribution < 1.29 is 19.4 Å². The summed E-state index contributed by atoms with van der Waals surface area (Å²) >= 11 is 0. The van der Waals surface area contributed by atoms with Crippen LogP contribution in [-0.4, -0.2) is 54.2 Å². The molecule has 0 aliphatic heterocycles. The van der Waals surface area contributed by atoms with Crippen LogP contribution in [0.25, 0.3) is 0 Å². The molecule has 1 aromatic heterocycles. The second-order valence-electron chi connectivity index (χ2n) is 3.94. The van der Waals surface area contributed by atoms with Crippen molar-refractivity contribution in [2.75, 3.05) is 27.3 Å². The molecule has 20 heavy (non-hydrogen) atoms. The van der Waals surface area contributed by atoms with E-state index in [1.807, 2.05) is 0 Å². The van der Waals surface area contributed by atoms with Gasteiger partial charge in [0, 0.05) is 25.2 Å². The van der Waals surface area contributed by atoms with Crippen molar-refractivity contribution in [3.05, 3.63) is 29.6 Å². The third-order valence-electron chi connectivity index (χ3n) is 2.39. The minimum Gasteiger partial charge on any atom is -0.468 e. The molecular formula is C14H16N2O4. The number of hydrogen-bond donors (Lipinski definition) is 1. The highest BCUT2D eigenvalue weighted by molar-refractivity contribution is 5.94. The van der Waals surface area contributed by atoms with Gasteiger partial charge < -0.3 is 14.7 Å². The molecule has 0 aliphatic rings. The van der Waals surface area contributed by atoms with Crippen molar-refractivity contribution in [2.24, 2.45) is 0 Å². The molecule has 1 N–H and O–H groups in total. The van der Waals surface area contributed by atoms with Crippen LogP contribution in [0, 0.1) is 11.8 Å². The van der Waals surface area contributed by atoms with E-state index in [0.29, 0.717) is 12.0 Å². The number of methoxy groups -OCH3 is 1. The first-order valence-corrected chi connectivity index (χ1v) is 5.96. The quantitative estimate of drug-likeness (QED) is 0.621. The van der Waals surface area contributed by atoms with Crippen LogP contribution >= 0.6 is 0 Å².